The molecule has 0 aliphatic rings. The first-order valence-electron chi connectivity index (χ1n) is 4.14. The minimum absolute atomic E-state index is 0.00569. The van der Waals surface area contributed by atoms with E-state index in [0.29, 0.717) is 6.54 Å². The van der Waals surface area contributed by atoms with E-state index in [0.717, 1.165) is 0 Å². The molecule has 0 atom stereocenters. The monoisotopic (exact) mass is 195 g/mol. The van der Waals surface area contributed by atoms with Crippen LogP contribution in [0.15, 0.2) is 17.5 Å². The molecule has 0 fully saturated rings. The topological polar surface area (TPSA) is 29.1 Å². The van der Waals surface area contributed by atoms with Crippen molar-refractivity contribution in [2.24, 2.45) is 0 Å². The van der Waals surface area contributed by atoms with Gasteiger partial charge in [0.15, 0.2) is 0 Å². The van der Waals surface area contributed by atoms with Gasteiger partial charge in [0.1, 0.15) is 0 Å². The summed E-state index contributed by atoms with van der Waals surface area (Å²) in [5, 5.41) is 4.80. The molecule has 1 amide bonds. The molecule has 0 saturated heterocycles. The number of hydrogen-bond acceptors (Lipinski definition) is 2. The first-order chi connectivity index (χ1) is 6.18. The number of rotatable bonds is 3. The van der Waals surface area contributed by atoms with E-state index in [2.05, 4.69) is 23.7 Å². The molecule has 0 unspecified atom stereocenters. The number of amides is 1. The third-order valence-corrected chi connectivity index (χ3v) is 2.41. The van der Waals surface area contributed by atoms with E-state index in [4.69, 9.17) is 0 Å². The molecule has 0 radical (unpaired) electrons. The Balaban J connectivity index is 2.36. The highest BCUT2D eigenvalue weighted by atomic mass is 32.1. The summed E-state index contributed by atoms with van der Waals surface area (Å²) in [7, 11) is 0. The summed E-state index contributed by atoms with van der Waals surface area (Å²) in [6.45, 7) is 4.20. The second kappa shape index (κ2) is 4.82. The molecule has 1 aromatic rings. The van der Waals surface area contributed by atoms with Gasteiger partial charge in [-0.05, 0) is 23.9 Å². The van der Waals surface area contributed by atoms with Gasteiger partial charge in [-0.3, -0.25) is 4.79 Å². The fourth-order valence-corrected chi connectivity index (χ4v) is 1.62. The van der Waals surface area contributed by atoms with Crippen LogP contribution in [-0.4, -0.2) is 12.5 Å². The van der Waals surface area contributed by atoms with Crippen LogP contribution >= 0.6 is 11.3 Å². The predicted molar refractivity (Wildman–Crippen MR) is 56.8 cm³/mol. The first kappa shape index (κ1) is 9.99. The van der Waals surface area contributed by atoms with E-state index in [1.54, 1.807) is 11.3 Å². The summed E-state index contributed by atoms with van der Waals surface area (Å²) in [5.74, 6) is 0.00569. The average molecular weight is 195 g/mol. The smallest absolute Gasteiger partial charge is 0.217 e. The average Bonchev–Trinajstić information content (AvgIpc) is 2.45. The van der Waals surface area contributed by atoms with Crippen molar-refractivity contribution in [3.05, 3.63) is 28.0 Å². The van der Waals surface area contributed by atoms with Gasteiger partial charge in [-0.2, -0.15) is 0 Å². The van der Waals surface area contributed by atoms with Crippen LogP contribution in [-0.2, 0) is 4.79 Å². The van der Waals surface area contributed by atoms with Crippen molar-refractivity contribution >= 4 is 23.3 Å². The van der Waals surface area contributed by atoms with Crippen LogP contribution in [0.3, 0.4) is 0 Å². The zero-order valence-electron chi connectivity index (χ0n) is 7.83. The van der Waals surface area contributed by atoms with Gasteiger partial charge in [0.2, 0.25) is 5.91 Å². The molecule has 1 N–H and O–H groups in total. The maximum atomic E-state index is 10.5. The van der Waals surface area contributed by atoms with Crippen LogP contribution in [0.4, 0.5) is 0 Å². The Morgan fingerprint density at radius 2 is 2.46 bits per heavy atom. The van der Waals surface area contributed by atoms with Crippen LogP contribution in [0.1, 0.15) is 17.4 Å². The second-order valence-corrected chi connectivity index (χ2v) is 3.95. The predicted octanol–water partition coefficient (Wildman–Crippen LogP) is 2.21. The molecular formula is C10H13NOS. The summed E-state index contributed by atoms with van der Waals surface area (Å²) in [6, 6.07) is 2.12. The molecule has 3 heteroatoms. The number of nitrogens with one attached hydrogen (secondary N) is 1. The standard InChI is InChI=1S/C10H13NOS/c1-8-6-10(7-13-8)4-3-5-11-9(2)12/h3-4,6-7H,5H2,1-2H3,(H,11,12). The van der Waals surface area contributed by atoms with Crippen molar-refractivity contribution in [1.82, 2.24) is 5.32 Å². The summed E-state index contributed by atoms with van der Waals surface area (Å²) in [6.07, 6.45) is 3.96. The minimum atomic E-state index is 0.00569. The fourth-order valence-electron chi connectivity index (χ4n) is 0.949. The molecule has 70 valence electrons. The third-order valence-electron chi connectivity index (χ3n) is 1.53. The molecule has 0 aliphatic heterocycles. The summed E-state index contributed by atoms with van der Waals surface area (Å²) in [5.41, 5.74) is 1.20. The van der Waals surface area contributed by atoms with E-state index >= 15 is 0 Å². The lowest BCUT2D eigenvalue weighted by molar-refractivity contribution is -0.118. The normalized spacial score (nSPS) is 10.6. The molecule has 1 aromatic heterocycles. The van der Waals surface area contributed by atoms with Gasteiger partial charge in [-0.25, -0.2) is 0 Å². The Labute approximate surface area is 82.3 Å². The van der Waals surface area contributed by atoms with Gasteiger partial charge in [-0.1, -0.05) is 12.2 Å². The van der Waals surface area contributed by atoms with Crippen LogP contribution in [0, 0.1) is 6.92 Å². The molecule has 0 spiro atoms. The quantitative estimate of drug-likeness (QED) is 0.787. The van der Waals surface area contributed by atoms with Crippen molar-refractivity contribution in [2.75, 3.05) is 6.54 Å². The molecule has 0 aliphatic carbocycles. The van der Waals surface area contributed by atoms with E-state index < -0.39 is 0 Å². The lowest BCUT2D eigenvalue weighted by Crippen LogP contribution is -2.19. The second-order valence-electron chi connectivity index (χ2n) is 2.83. The summed E-state index contributed by atoms with van der Waals surface area (Å²) >= 11 is 1.73. The van der Waals surface area contributed by atoms with Gasteiger partial charge < -0.3 is 5.32 Å². The van der Waals surface area contributed by atoms with Gasteiger partial charge >= 0.3 is 0 Å². The molecule has 1 heterocycles. The highest BCUT2D eigenvalue weighted by molar-refractivity contribution is 7.10. The van der Waals surface area contributed by atoms with E-state index in [-0.39, 0.29) is 5.91 Å². The molecule has 13 heavy (non-hydrogen) atoms. The number of aryl methyl sites for hydroxylation is 1. The van der Waals surface area contributed by atoms with Crippen LogP contribution in [0.2, 0.25) is 0 Å². The Morgan fingerprint density at radius 1 is 1.69 bits per heavy atom. The number of carbonyl (C=O) groups is 1. The van der Waals surface area contributed by atoms with Crippen molar-refractivity contribution in [1.29, 1.82) is 0 Å². The Kier molecular flexibility index (Phi) is 3.71. The first-order valence-corrected chi connectivity index (χ1v) is 5.02. The highest BCUT2D eigenvalue weighted by Crippen LogP contribution is 2.13. The van der Waals surface area contributed by atoms with E-state index in [9.17, 15) is 4.79 Å². The summed E-state index contributed by atoms with van der Waals surface area (Å²) < 4.78 is 0. The molecule has 1 rings (SSSR count). The lowest BCUT2D eigenvalue weighted by Gasteiger charge is -1.93. The van der Waals surface area contributed by atoms with Crippen molar-refractivity contribution in [3.63, 3.8) is 0 Å². The maximum Gasteiger partial charge on any atom is 0.217 e. The van der Waals surface area contributed by atoms with Crippen molar-refractivity contribution < 1.29 is 4.79 Å². The lowest BCUT2D eigenvalue weighted by atomic mass is 10.3. The molecule has 2 nitrogen and oxygen atoms in total. The fraction of sp³-hybridized carbons (Fsp3) is 0.300. The Hall–Kier alpha value is -1.09. The number of carbonyl (C=O) groups excluding carboxylic acids is 1. The molecular weight excluding hydrogens is 182 g/mol. The van der Waals surface area contributed by atoms with Crippen LogP contribution < -0.4 is 5.32 Å². The van der Waals surface area contributed by atoms with Gasteiger partial charge in [0, 0.05) is 18.3 Å². The van der Waals surface area contributed by atoms with Crippen molar-refractivity contribution in [2.45, 2.75) is 13.8 Å². The van der Waals surface area contributed by atoms with Crippen LogP contribution in [0.5, 0.6) is 0 Å². The Morgan fingerprint density at radius 3 is 3.00 bits per heavy atom. The molecule has 0 bridgehead atoms. The van der Waals surface area contributed by atoms with Gasteiger partial charge in [-0.15, -0.1) is 11.3 Å². The zero-order valence-corrected chi connectivity index (χ0v) is 8.65. The largest absolute Gasteiger partial charge is 0.353 e. The zero-order chi connectivity index (χ0) is 9.68. The van der Waals surface area contributed by atoms with E-state index in [1.165, 1.54) is 17.4 Å². The van der Waals surface area contributed by atoms with Crippen molar-refractivity contribution in [3.8, 4) is 0 Å². The maximum absolute atomic E-state index is 10.5. The SMILES string of the molecule is CC(=O)NCC=Cc1csc(C)c1. The number of thiophene rings is 1. The number of hydrogen-bond donors (Lipinski definition) is 1. The molecule has 0 aromatic carbocycles. The summed E-state index contributed by atoms with van der Waals surface area (Å²) in [4.78, 5) is 11.8. The van der Waals surface area contributed by atoms with Gasteiger partial charge in [0.25, 0.3) is 0 Å². The highest BCUT2D eigenvalue weighted by Gasteiger charge is 1.90. The van der Waals surface area contributed by atoms with Crippen LogP contribution in [0.25, 0.3) is 6.08 Å². The van der Waals surface area contributed by atoms with E-state index in [1.807, 2.05) is 12.2 Å². The third kappa shape index (κ3) is 3.90. The Bertz CT molecular complexity index is 314. The minimum Gasteiger partial charge on any atom is -0.353 e. The molecule has 0 saturated carbocycles. The van der Waals surface area contributed by atoms with Gasteiger partial charge in [0.05, 0.1) is 0 Å².